The number of morpholine rings is 1. The molecule has 1 fully saturated rings. The van der Waals surface area contributed by atoms with E-state index in [0.717, 1.165) is 77.9 Å². The van der Waals surface area contributed by atoms with Crippen molar-refractivity contribution >= 4 is 5.96 Å². The first-order valence-corrected chi connectivity index (χ1v) is 7.68. The van der Waals surface area contributed by atoms with Crippen molar-refractivity contribution in [1.82, 2.24) is 15.5 Å². The molecule has 0 aromatic carbocycles. The second-order valence-electron chi connectivity index (χ2n) is 4.84. The van der Waals surface area contributed by atoms with E-state index < -0.39 is 0 Å². The van der Waals surface area contributed by atoms with Crippen LogP contribution in [0, 0.1) is 0 Å². The summed E-state index contributed by atoms with van der Waals surface area (Å²) >= 11 is 0. The molecule has 0 aliphatic carbocycles. The average Bonchev–Trinajstić information content (AvgIpc) is 2.49. The average molecular weight is 286 g/mol. The fourth-order valence-electron chi connectivity index (χ4n) is 2.08. The van der Waals surface area contributed by atoms with E-state index in [4.69, 9.17) is 9.47 Å². The molecule has 1 rings (SSSR count). The molecule has 1 aliphatic rings. The van der Waals surface area contributed by atoms with E-state index in [9.17, 15) is 0 Å². The maximum absolute atomic E-state index is 5.34. The van der Waals surface area contributed by atoms with Crippen LogP contribution in [0.1, 0.15) is 19.8 Å². The highest BCUT2D eigenvalue weighted by molar-refractivity contribution is 5.79. The summed E-state index contributed by atoms with van der Waals surface area (Å²) in [5.41, 5.74) is 0. The number of aliphatic imine (C=N–C) groups is 1. The quantitative estimate of drug-likeness (QED) is 0.363. The molecule has 0 aromatic rings. The Hall–Kier alpha value is -0.850. The van der Waals surface area contributed by atoms with Gasteiger partial charge in [0.05, 0.1) is 13.2 Å². The van der Waals surface area contributed by atoms with Gasteiger partial charge in [-0.1, -0.05) is 0 Å². The third-order valence-electron chi connectivity index (χ3n) is 3.17. The first-order valence-electron chi connectivity index (χ1n) is 7.68. The summed E-state index contributed by atoms with van der Waals surface area (Å²) < 4.78 is 10.4. The third kappa shape index (κ3) is 8.35. The maximum atomic E-state index is 5.34. The number of methoxy groups -OCH3 is 1. The fourth-order valence-corrected chi connectivity index (χ4v) is 2.08. The van der Waals surface area contributed by atoms with E-state index in [-0.39, 0.29) is 0 Å². The van der Waals surface area contributed by atoms with Crippen molar-refractivity contribution in [2.75, 3.05) is 66.2 Å². The molecule has 0 unspecified atom stereocenters. The Kier molecular flexibility index (Phi) is 10.3. The summed E-state index contributed by atoms with van der Waals surface area (Å²) in [5.74, 6) is 0.908. The van der Waals surface area contributed by atoms with Crippen LogP contribution in [-0.2, 0) is 9.47 Å². The van der Waals surface area contributed by atoms with Crippen LogP contribution in [0.15, 0.2) is 4.99 Å². The van der Waals surface area contributed by atoms with Crippen LogP contribution in [0.4, 0.5) is 0 Å². The molecule has 0 radical (unpaired) electrons. The number of guanidine groups is 1. The number of rotatable bonds is 9. The zero-order chi connectivity index (χ0) is 14.5. The van der Waals surface area contributed by atoms with Gasteiger partial charge in [-0.3, -0.25) is 9.89 Å². The molecule has 0 amide bonds. The van der Waals surface area contributed by atoms with Gasteiger partial charge in [-0.05, 0) is 26.3 Å². The van der Waals surface area contributed by atoms with E-state index >= 15 is 0 Å². The van der Waals surface area contributed by atoms with Crippen LogP contribution >= 0.6 is 0 Å². The zero-order valence-electron chi connectivity index (χ0n) is 13.0. The predicted molar refractivity (Wildman–Crippen MR) is 82.4 cm³/mol. The molecule has 118 valence electrons. The van der Waals surface area contributed by atoms with Gasteiger partial charge < -0.3 is 20.1 Å². The van der Waals surface area contributed by atoms with Crippen molar-refractivity contribution in [2.24, 2.45) is 4.99 Å². The van der Waals surface area contributed by atoms with Crippen molar-refractivity contribution in [3.05, 3.63) is 0 Å². The predicted octanol–water partition coefficient (Wildman–Crippen LogP) is 0.300. The molecule has 0 saturated carbocycles. The fraction of sp³-hybridized carbons (Fsp3) is 0.929. The summed E-state index contributed by atoms with van der Waals surface area (Å²) in [6.07, 6.45) is 2.09. The molecular formula is C14H30N4O2. The van der Waals surface area contributed by atoms with Crippen LogP contribution in [0.5, 0.6) is 0 Å². The van der Waals surface area contributed by atoms with Gasteiger partial charge in [0.2, 0.25) is 0 Å². The molecule has 0 spiro atoms. The molecule has 0 bridgehead atoms. The minimum absolute atomic E-state index is 0.764. The normalized spacial score (nSPS) is 17.2. The lowest BCUT2D eigenvalue weighted by molar-refractivity contribution is 0.0376. The summed E-state index contributed by atoms with van der Waals surface area (Å²) in [7, 11) is 1.72. The third-order valence-corrected chi connectivity index (χ3v) is 3.17. The van der Waals surface area contributed by atoms with Gasteiger partial charge in [-0.2, -0.15) is 0 Å². The summed E-state index contributed by atoms with van der Waals surface area (Å²) in [5, 5.41) is 6.64. The van der Waals surface area contributed by atoms with Gasteiger partial charge in [0.1, 0.15) is 0 Å². The Morgan fingerprint density at radius 2 is 2.05 bits per heavy atom. The maximum Gasteiger partial charge on any atom is 0.191 e. The van der Waals surface area contributed by atoms with Crippen LogP contribution < -0.4 is 10.6 Å². The molecular weight excluding hydrogens is 256 g/mol. The van der Waals surface area contributed by atoms with E-state index in [1.165, 1.54) is 0 Å². The Balaban J connectivity index is 2.10. The second kappa shape index (κ2) is 11.9. The molecule has 1 heterocycles. The van der Waals surface area contributed by atoms with Gasteiger partial charge in [0.15, 0.2) is 5.96 Å². The number of nitrogens with zero attached hydrogens (tertiary/aromatic N) is 2. The zero-order valence-corrected chi connectivity index (χ0v) is 13.0. The van der Waals surface area contributed by atoms with Crippen LogP contribution in [-0.4, -0.2) is 77.1 Å². The molecule has 1 aliphatic heterocycles. The first-order chi connectivity index (χ1) is 9.86. The monoisotopic (exact) mass is 286 g/mol. The largest absolute Gasteiger partial charge is 0.385 e. The van der Waals surface area contributed by atoms with Crippen molar-refractivity contribution in [1.29, 1.82) is 0 Å². The van der Waals surface area contributed by atoms with Crippen LogP contribution in [0.25, 0.3) is 0 Å². The molecule has 1 saturated heterocycles. The molecule has 2 N–H and O–H groups in total. The lowest BCUT2D eigenvalue weighted by Gasteiger charge is -2.26. The highest BCUT2D eigenvalue weighted by Crippen LogP contribution is 1.97. The van der Waals surface area contributed by atoms with Gasteiger partial charge in [-0.15, -0.1) is 0 Å². The second-order valence-corrected chi connectivity index (χ2v) is 4.84. The van der Waals surface area contributed by atoms with Gasteiger partial charge in [0, 0.05) is 46.4 Å². The van der Waals surface area contributed by atoms with Gasteiger partial charge in [0.25, 0.3) is 0 Å². The smallest absolute Gasteiger partial charge is 0.191 e. The standard InChI is InChI=1S/C14H30N4O2/c1-3-15-14(17-7-5-11-19-2)16-6-4-8-18-9-12-20-13-10-18/h3-13H2,1-2H3,(H2,15,16,17). The highest BCUT2D eigenvalue weighted by Gasteiger charge is 2.09. The molecule has 20 heavy (non-hydrogen) atoms. The summed E-state index contributed by atoms with van der Waals surface area (Å²) in [6.45, 7) is 10.5. The van der Waals surface area contributed by atoms with Crippen LogP contribution in [0.3, 0.4) is 0 Å². The number of ether oxygens (including phenoxy) is 2. The number of hydrogen-bond donors (Lipinski definition) is 2. The Morgan fingerprint density at radius 3 is 2.75 bits per heavy atom. The molecule has 0 aromatic heterocycles. The van der Waals surface area contributed by atoms with Crippen molar-refractivity contribution in [3.63, 3.8) is 0 Å². The first kappa shape index (κ1) is 17.2. The van der Waals surface area contributed by atoms with Crippen molar-refractivity contribution in [3.8, 4) is 0 Å². The highest BCUT2D eigenvalue weighted by atomic mass is 16.5. The van der Waals surface area contributed by atoms with E-state index in [1.807, 2.05) is 0 Å². The number of nitrogens with one attached hydrogen (secondary N) is 2. The van der Waals surface area contributed by atoms with Crippen molar-refractivity contribution in [2.45, 2.75) is 19.8 Å². The van der Waals surface area contributed by atoms with Crippen LogP contribution in [0.2, 0.25) is 0 Å². The SMILES string of the molecule is CCNC(=NCCCOC)NCCCN1CCOCC1. The van der Waals surface area contributed by atoms with Crippen molar-refractivity contribution < 1.29 is 9.47 Å². The van der Waals surface area contributed by atoms with Gasteiger partial charge >= 0.3 is 0 Å². The number of hydrogen-bond acceptors (Lipinski definition) is 4. The summed E-state index contributed by atoms with van der Waals surface area (Å²) in [4.78, 5) is 6.97. The molecule has 6 nitrogen and oxygen atoms in total. The van der Waals surface area contributed by atoms with E-state index in [2.05, 4.69) is 27.4 Å². The Bertz CT molecular complexity index is 256. The Labute approximate surface area is 122 Å². The lowest BCUT2D eigenvalue weighted by atomic mass is 10.3. The van der Waals surface area contributed by atoms with E-state index in [1.54, 1.807) is 7.11 Å². The van der Waals surface area contributed by atoms with Gasteiger partial charge in [-0.25, -0.2) is 0 Å². The minimum Gasteiger partial charge on any atom is -0.385 e. The minimum atomic E-state index is 0.764. The topological polar surface area (TPSA) is 58.1 Å². The lowest BCUT2D eigenvalue weighted by Crippen LogP contribution is -2.40. The van der Waals surface area contributed by atoms with E-state index in [0.29, 0.717) is 0 Å². The Morgan fingerprint density at radius 1 is 1.25 bits per heavy atom. The molecule has 6 heteroatoms. The summed E-state index contributed by atoms with van der Waals surface area (Å²) in [6, 6.07) is 0. The molecule has 0 atom stereocenters.